The lowest BCUT2D eigenvalue weighted by molar-refractivity contribution is -0.148. The second kappa shape index (κ2) is 2.90. The van der Waals surface area contributed by atoms with Crippen molar-refractivity contribution in [2.75, 3.05) is 0 Å². The molecule has 1 unspecified atom stereocenters. The molecule has 1 aliphatic heterocycles. The van der Waals surface area contributed by atoms with E-state index in [1.165, 1.54) is 0 Å². The lowest BCUT2D eigenvalue weighted by atomic mass is 9.95. The first-order valence-corrected chi connectivity index (χ1v) is 3.64. The molecule has 0 saturated carbocycles. The van der Waals surface area contributed by atoms with Crippen molar-refractivity contribution >= 4 is 11.9 Å². The van der Waals surface area contributed by atoms with Gasteiger partial charge in [-0.05, 0) is 19.8 Å². The second-order valence-corrected chi connectivity index (χ2v) is 2.88. The zero-order chi connectivity index (χ0) is 8.43. The standard InChI is InChI=1S/C7H11NO3/c1-4-2-3-5(7(10)11)6(9)8-4/h4-5H,2-3H2,1H3,(H,8,9)(H,10,11)/t4-,5?/m1/s1. The molecular formula is C7H11NO3. The smallest absolute Gasteiger partial charge is 0.316 e. The monoisotopic (exact) mass is 157 g/mol. The van der Waals surface area contributed by atoms with Crippen LogP contribution >= 0.6 is 0 Å². The van der Waals surface area contributed by atoms with E-state index in [1.54, 1.807) is 0 Å². The summed E-state index contributed by atoms with van der Waals surface area (Å²) < 4.78 is 0. The van der Waals surface area contributed by atoms with Gasteiger partial charge in [-0.1, -0.05) is 0 Å². The van der Waals surface area contributed by atoms with Gasteiger partial charge in [0.1, 0.15) is 5.92 Å². The summed E-state index contributed by atoms with van der Waals surface area (Å²) in [7, 11) is 0. The number of carboxylic acid groups (broad SMARTS) is 1. The molecule has 0 aromatic rings. The number of hydrogen-bond donors (Lipinski definition) is 2. The molecule has 0 radical (unpaired) electrons. The maximum atomic E-state index is 11.0. The van der Waals surface area contributed by atoms with E-state index in [4.69, 9.17) is 5.11 Å². The van der Waals surface area contributed by atoms with Crippen molar-refractivity contribution in [2.45, 2.75) is 25.8 Å². The summed E-state index contributed by atoms with van der Waals surface area (Å²) in [6.07, 6.45) is 1.21. The average molecular weight is 157 g/mol. The van der Waals surface area contributed by atoms with Crippen LogP contribution in [-0.2, 0) is 9.59 Å². The molecule has 4 heteroatoms. The van der Waals surface area contributed by atoms with Gasteiger partial charge in [0.15, 0.2) is 0 Å². The third-order valence-electron chi connectivity index (χ3n) is 1.89. The number of amides is 1. The van der Waals surface area contributed by atoms with Crippen molar-refractivity contribution in [1.29, 1.82) is 0 Å². The molecular weight excluding hydrogens is 146 g/mol. The fraction of sp³-hybridized carbons (Fsp3) is 0.714. The van der Waals surface area contributed by atoms with Crippen LogP contribution in [0.2, 0.25) is 0 Å². The van der Waals surface area contributed by atoms with E-state index < -0.39 is 11.9 Å². The van der Waals surface area contributed by atoms with Crippen LogP contribution in [0.25, 0.3) is 0 Å². The maximum absolute atomic E-state index is 11.0. The van der Waals surface area contributed by atoms with Gasteiger partial charge in [0, 0.05) is 6.04 Å². The van der Waals surface area contributed by atoms with Gasteiger partial charge in [0.05, 0.1) is 0 Å². The minimum absolute atomic E-state index is 0.123. The summed E-state index contributed by atoms with van der Waals surface area (Å²) in [4.78, 5) is 21.4. The van der Waals surface area contributed by atoms with Gasteiger partial charge in [-0.25, -0.2) is 0 Å². The molecule has 0 aromatic heterocycles. The van der Waals surface area contributed by atoms with E-state index in [0.29, 0.717) is 6.42 Å². The Balaban J connectivity index is 2.58. The van der Waals surface area contributed by atoms with Crippen molar-refractivity contribution in [3.05, 3.63) is 0 Å². The van der Waals surface area contributed by atoms with E-state index in [9.17, 15) is 9.59 Å². The molecule has 62 valence electrons. The maximum Gasteiger partial charge on any atom is 0.316 e. The molecule has 2 N–H and O–H groups in total. The summed E-state index contributed by atoms with van der Waals surface area (Å²) >= 11 is 0. The van der Waals surface area contributed by atoms with Crippen molar-refractivity contribution in [3.63, 3.8) is 0 Å². The Morgan fingerprint density at radius 3 is 2.73 bits per heavy atom. The molecule has 0 bridgehead atoms. The van der Waals surface area contributed by atoms with Crippen LogP contribution in [0, 0.1) is 5.92 Å². The Bertz CT molecular complexity index is 190. The van der Waals surface area contributed by atoms with Crippen LogP contribution in [0.5, 0.6) is 0 Å². The number of aliphatic carboxylic acids is 1. The Hall–Kier alpha value is -1.06. The highest BCUT2D eigenvalue weighted by atomic mass is 16.4. The fourth-order valence-corrected chi connectivity index (χ4v) is 1.20. The number of carbonyl (C=O) groups excluding carboxylic acids is 1. The van der Waals surface area contributed by atoms with E-state index in [0.717, 1.165) is 6.42 Å². The van der Waals surface area contributed by atoms with Gasteiger partial charge in [-0.15, -0.1) is 0 Å². The van der Waals surface area contributed by atoms with Gasteiger partial charge < -0.3 is 10.4 Å². The summed E-state index contributed by atoms with van der Waals surface area (Å²) in [6, 6.07) is 0.123. The fourth-order valence-electron chi connectivity index (χ4n) is 1.20. The molecule has 1 rings (SSSR count). The highest BCUT2D eigenvalue weighted by molar-refractivity contribution is 5.97. The predicted molar refractivity (Wildman–Crippen MR) is 38.0 cm³/mol. The highest BCUT2D eigenvalue weighted by Crippen LogP contribution is 2.14. The summed E-state index contributed by atoms with van der Waals surface area (Å²) in [6.45, 7) is 1.87. The van der Waals surface area contributed by atoms with Crippen LogP contribution in [0.3, 0.4) is 0 Å². The Morgan fingerprint density at radius 2 is 2.27 bits per heavy atom. The molecule has 0 aromatic carbocycles. The van der Waals surface area contributed by atoms with Crippen LogP contribution in [-0.4, -0.2) is 23.0 Å². The first-order chi connectivity index (χ1) is 5.11. The zero-order valence-electron chi connectivity index (χ0n) is 6.33. The Kier molecular flexibility index (Phi) is 2.12. The molecule has 1 aliphatic rings. The highest BCUT2D eigenvalue weighted by Gasteiger charge is 2.31. The number of piperidine rings is 1. The van der Waals surface area contributed by atoms with Crippen molar-refractivity contribution < 1.29 is 14.7 Å². The van der Waals surface area contributed by atoms with E-state index in [2.05, 4.69) is 5.32 Å². The molecule has 1 fully saturated rings. The molecule has 0 aliphatic carbocycles. The summed E-state index contributed by atoms with van der Waals surface area (Å²) in [5, 5.41) is 11.1. The van der Waals surface area contributed by atoms with Crippen LogP contribution in [0.15, 0.2) is 0 Å². The SMILES string of the molecule is C[C@@H]1CCC(C(=O)O)C(=O)N1. The normalized spacial score (nSPS) is 31.2. The molecule has 2 atom stereocenters. The predicted octanol–water partition coefficient (Wildman–Crippen LogP) is -0.0143. The lowest BCUT2D eigenvalue weighted by Gasteiger charge is -2.23. The lowest BCUT2D eigenvalue weighted by Crippen LogP contribution is -2.45. The zero-order valence-corrected chi connectivity index (χ0v) is 6.33. The number of nitrogens with one attached hydrogen (secondary N) is 1. The van der Waals surface area contributed by atoms with E-state index in [-0.39, 0.29) is 11.9 Å². The molecule has 11 heavy (non-hydrogen) atoms. The van der Waals surface area contributed by atoms with Gasteiger partial charge >= 0.3 is 5.97 Å². The van der Waals surface area contributed by atoms with E-state index in [1.807, 2.05) is 6.92 Å². The van der Waals surface area contributed by atoms with E-state index >= 15 is 0 Å². The van der Waals surface area contributed by atoms with Gasteiger partial charge in [0.25, 0.3) is 0 Å². The molecule has 1 saturated heterocycles. The first kappa shape index (κ1) is 8.04. The quantitative estimate of drug-likeness (QED) is 0.526. The van der Waals surface area contributed by atoms with Crippen molar-refractivity contribution in [1.82, 2.24) is 5.32 Å². The third kappa shape index (κ3) is 1.69. The largest absolute Gasteiger partial charge is 0.481 e. The van der Waals surface area contributed by atoms with Crippen LogP contribution in [0.4, 0.5) is 0 Å². The van der Waals surface area contributed by atoms with Crippen LogP contribution < -0.4 is 5.32 Å². The number of carbonyl (C=O) groups is 2. The minimum Gasteiger partial charge on any atom is -0.481 e. The Morgan fingerprint density at radius 1 is 1.64 bits per heavy atom. The third-order valence-corrected chi connectivity index (χ3v) is 1.89. The summed E-state index contributed by atoms with van der Waals surface area (Å²) in [5.74, 6) is -2.20. The molecule has 0 spiro atoms. The van der Waals surface area contributed by atoms with Crippen molar-refractivity contribution in [2.24, 2.45) is 5.92 Å². The van der Waals surface area contributed by atoms with Crippen LogP contribution in [0.1, 0.15) is 19.8 Å². The van der Waals surface area contributed by atoms with Crippen molar-refractivity contribution in [3.8, 4) is 0 Å². The molecule has 1 amide bonds. The minimum atomic E-state index is -1.02. The number of carboxylic acids is 1. The van der Waals surface area contributed by atoms with Gasteiger partial charge in [-0.2, -0.15) is 0 Å². The second-order valence-electron chi connectivity index (χ2n) is 2.88. The topological polar surface area (TPSA) is 66.4 Å². The average Bonchev–Trinajstić information content (AvgIpc) is 1.85. The van der Waals surface area contributed by atoms with Gasteiger partial charge in [-0.3, -0.25) is 9.59 Å². The Labute approximate surface area is 64.6 Å². The first-order valence-electron chi connectivity index (χ1n) is 3.64. The van der Waals surface area contributed by atoms with Gasteiger partial charge in [0.2, 0.25) is 5.91 Å². The summed E-state index contributed by atoms with van der Waals surface area (Å²) in [5.41, 5.74) is 0. The molecule has 1 heterocycles. The number of hydrogen-bond acceptors (Lipinski definition) is 2. The molecule has 4 nitrogen and oxygen atoms in total. The number of rotatable bonds is 1.